The van der Waals surface area contributed by atoms with Crippen molar-refractivity contribution in [2.24, 2.45) is 0 Å². The van der Waals surface area contributed by atoms with Gasteiger partial charge in [0.05, 0.1) is 5.56 Å². The molecule has 0 atom stereocenters. The van der Waals surface area contributed by atoms with E-state index in [4.69, 9.17) is 16.3 Å². The van der Waals surface area contributed by atoms with Gasteiger partial charge in [0.15, 0.2) is 5.82 Å². The van der Waals surface area contributed by atoms with Crippen LogP contribution in [0, 0.1) is 0 Å². The maximum Gasteiger partial charge on any atom is 0.260 e. The van der Waals surface area contributed by atoms with E-state index in [1.165, 1.54) is 24.5 Å². The van der Waals surface area contributed by atoms with E-state index in [-0.39, 0.29) is 23.7 Å². The van der Waals surface area contributed by atoms with E-state index in [1.54, 1.807) is 18.2 Å². The van der Waals surface area contributed by atoms with E-state index in [2.05, 4.69) is 15.0 Å². The van der Waals surface area contributed by atoms with Crippen molar-refractivity contribution in [2.75, 3.05) is 5.32 Å². The molecule has 0 aliphatic rings. The van der Waals surface area contributed by atoms with Crippen molar-refractivity contribution in [2.45, 2.75) is 6.61 Å². The molecule has 1 aromatic heterocycles. The summed E-state index contributed by atoms with van der Waals surface area (Å²) in [5.74, 6) is 0.0171. The number of nitrogens with one attached hydrogen (secondary N) is 1. The van der Waals surface area contributed by atoms with Gasteiger partial charge in [-0.15, -0.1) is 0 Å². The van der Waals surface area contributed by atoms with Crippen LogP contribution >= 0.6 is 11.6 Å². The summed E-state index contributed by atoms with van der Waals surface area (Å²) in [5.41, 5.74) is 0.964. The molecule has 2 aromatic carbocycles. The number of benzene rings is 2. The van der Waals surface area contributed by atoms with Crippen LogP contribution in [0.2, 0.25) is 5.02 Å². The Labute approximate surface area is 142 Å². The van der Waals surface area contributed by atoms with Crippen LogP contribution in [-0.4, -0.2) is 16.2 Å². The summed E-state index contributed by atoms with van der Waals surface area (Å²) in [6.07, 6.45) is 1.33. The molecule has 0 saturated carbocycles. The van der Waals surface area contributed by atoms with Crippen LogP contribution in [0.3, 0.4) is 0 Å². The van der Waals surface area contributed by atoms with Crippen LogP contribution in [-0.2, 0) is 6.61 Å². The molecule has 122 valence electrons. The fraction of sp³-hybridized carbons (Fsp3) is 0.0588. The highest BCUT2D eigenvalue weighted by atomic mass is 35.5. The minimum atomic E-state index is -0.519. The number of phenolic OH excluding ortho intramolecular Hbond substituents is 1. The number of amides is 1. The molecule has 0 saturated heterocycles. The second-order valence-electron chi connectivity index (χ2n) is 4.94. The molecule has 3 rings (SSSR count). The lowest BCUT2D eigenvalue weighted by Crippen LogP contribution is -2.12. The summed E-state index contributed by atoms with van der Waals surface area (Å²) < 4.78 is 10.3. The van der Waals surface area contributed by atoms with Gasteiger partial charge in [-0.25, -0.2) is 0 Å². The molecular weight excluding hydrogens is 332 g/mol. The molecule has 1 heterocycles. The summed E-state index contributed by atoms with van der Waals surface area (Å²) in [5, 5.41) is 16.6. The van der Waals surface area contributed by atoms with Gasteiger partial charge in [-0.05, 0) is 35.9 Å². The summed E-state index contributed by atoms with van der Waals surface area (Å²) in [6.45, 7) is 0.287. The number of carbonyl (C=O) groups excluding carboxylic acids is 1. The van der Waals surface area contributed by atoms with E-state index in [1.807, 2.05) is 12.1 Å². The first kappa shape index (κ1) is 15.9. The first-order chi connectivity index (χ1) is 11.6. The van der Waals surface area contributed by atoms with Gasteiger partial charge >= 0.3 is 0 Å². The van der Waals surface area contributed by atoms with Gasteiger partial charge < -0.3 is 19.7 Å². The SMILES string of the molecule is O=C(Nc1ccon1)c1cc(OCc2cccc(Cl)c2)ccc1O. The Balaban J connectivity index is 1.72. The molecule has 0 fully saturated rings. The minimum Gasteiger partial charge on any atom is -0.507 e. The number of carbonyl (C=O) groups is 1. The number of aromatic hydroxyl groups is 1. The Morgan fingerprint density at radius 1 is 1.25 bits per heavy atom. The van der Waals surface area contributed by atoms with Crippen LogP contribution < -0.4 is 10.1 Å². The maximum atomic E-state index is 12.2. The van der Waals surface area contributed by atoms with Crippen LogP contribution in [0.15, 0.2) is 59.3 Å². The number of hydrogen-bond donors (Lipinski definition) is 2. The third-order valence-corrected chi connectivity index (χ3v) is 3.42. The molecule has 0 spiro atoms. The summed E-state index contributed by atoms with van der Waals surface area (Å²) >= 11 is 5.93. The number of phenols is 1. The first-order valence-electron chi connectivity index (χ1n) is 7.04. The predicted octanol–water partition coefficient (Wildman–Crippen LogP) is 3.86. The summed E-state index contributed by atoms with van der Waals surface area (Å²) in [4.78, 5) is 12.2. The Kier molecular flexibility index (Phi) is 4.67. The van der Waals surface area contributed by atoms with Gasteiger partial charge in [0.25, 0.3) is 5.91 Å². The number of ether oxygens (including phenoxy) is 1. The van der Waals surface area contributed by atoms with Crippen molar-refractivity contribution in [3.8, 4) is 11.5 Å². The van der Waals surface area contributed by atoms with Crippen LogP contribution in [0.1, 0.15) is 15.9 Å². The largest absolute Gasteiger partial charge is 0.507 e. The van der Waals surface area contributed by atoms with Crippen molar-refractivity contribution in [3.63, 3.8) is 0 Å². The molecule has 0 unspecified atom stereocenters. The number of nitrogens with zero attached hydrogens (tertiary/aromatic N) is 1. The van der Waals surface area contributed by atoms with Gasteiger partial charge in [-0.1, -0.05) is 28.9 Å². The molecule has 0 bridgehead atoms. The Morgan fingerprint density at radius 3 is 2.88 bits per heavy atom. The lowest BCUT2D eigenvalue weighted by atomic mass is 10.1. The van der Waals surface area contributed by atoms with Gasteiger partial charge in [-0.2, -0.15) is 0 Å². The molecule has 24 heavy (non-hydrogen) atoms. The van der Waals surface area contributed by atoms with Crippen LogP contribution in [0.4, 0.5) is 5.82 Å². The van der Waals surface area contributed by atoms with E-state index in [0.717, 1.165) is 5.56 Å². The van der Waals surface area contributed by atoms with Crippen molar-refractivity contribution in [3.05, 3.63) is 70.9 Å². The molecule has 1 amide bonds. The zero-order chi connectivity index (χ0) is 16.9. The Morgan fingerprint density at radius 2 is 2.12 bits per heavy atom. The van der Waals surface area contributed by atoms with Crippen molar-refractivity contribution >= 4 is 23.3 Å². The zero-order valence-electron chi connectivity index (χ0n) is 12.4. The highest BCUT2D eigenvalue weighted by Crippen LogP contribution is 2.25. The van der Waals surface area contributed by atoms with Crippen molar-refractivity contribution in [1.82, 2.24) is 5.16 Å². The summed E-state index contributed by atoms with van der Waals surface area (Å²) in [6, 6.07) is 13.2. The third-order valence-electron chi connectivity index (χ3n) is 3.19. The topological polar surface area (TPSA) is 84.6 Å². The van der Waals surface area contributed by atoms with E-state index in [0.29, 0.717) is 10.8 Å². The predicted molar refractivity (Wildman–Crippen MR) is 88.3 cm³/mol. The number of rotatable bonds is 5. The maximum absolute atomic E-state index is 12.2. The molecule has 0 aliphatic heterocycles. The highest BCUT2D eigenvalue weighted by Gasteiger charge is 2.14. The fourth-order valence-corrected chi connectivity index (χ4v) is 2.25. The van der Waals surface area contributed by atoms with Crippen LogP contribution in [0.5, 0.6) is 11.5 Å². The molecule has 3 aromatic rings. The quantitative estimate of drug-likeness (QED) is 0.734. The molecule has 6 nitrogen and oxygen atoms in total. The molecule has 0 radical (unpaired) electrons. The van der Waals surface area contributed by atoms with Gasteiger partial charge in [0.2, 0.25) is 0 Å². The lowest BCUT2D eigenvalue weighted by molar-refractivity contribution is 0.102. The van der Waals surface area contributed by atoms with Crippen LogP contribution in [0.25, 0.3) is 0 Å². The average molecular weight is 345 g/mol. The minimum absolute atomic E-state index is 0.0709. The molecule has 2 N–H and O–H groups in total. The monoisotopic (exact) mass is 344 g/mol. The second-order valence-corrected chi connectivity index (χ2v) is 5.37. The van der Waals surface area contributed by atoms with E-state index in [9.17, 15) is 9.90 Å². The number of aromatic nitrogens is 1. The second kappa shape index (κ2) is 7.06. The number of halogens is 1. The van der Waals surface area contributed by atoms with E-state index >= 15 is 0 Å². The summed E-state index contributed by atoms with van der Waals surface area (Å²) in [7, 11) is 0. The van der Waals surface area contributed by atoms with Crippen molar-refractivity contribution in [1.29, 1.82) is 0 Å². The lowest BCUT2D eigenvalue weighted by Gasteiger charge is -2.10. The van der Waals surface area contributed by atoms with Crippen molar-refractivity contribution < 1.29 is 19.2 Å². The Hall–Kier alpha value is -2.99. The van der Waals surface area contributed by atoms with E-state index < -0.39 is 5.91 Å². The zero-order valence-corrected chi connectivity index (χ0v) is 13.2. The average Bonchev–Trinajstić information content (AvgIpc) is 3.07. The number of anilines is 1. The Bertz CT molecular complexity index is 850. The van der Waals surface area contributed by atoms with Gasteiger partial charge in [-0.3, -0.25) is 4.79 Å². The molecular formula is C17H13ClN2O4. The first-order valence-corrected chi connectivity index (χ1v) is 7.41. The fourth-order valence-electron chi connectivity index (χ4n) is 2.04. The number of hydrogen-bond acceptors (Lipinski definition) is 5. The smallest absolute Gasteiger partial charge is 0.260 e. The molecule has 7 heteroatoms. The van der Waals surface area contributed by atoms with Gasteiger partial charge in [0, 0.05) is 11.1 Å². The third kappa shape index (κ3) is 3.85. The normalized spacial score (nSPS) is 10.4. The highest BCUT2D eigenvalue weighted by molar-refractivity contribution is 6.30. The van der Waals surface area contributed by atoms with Gasteiger partial charge in [0.1, 0.15) is 24.4 Å². The standard InChI is InChI=1S/C17H13ClN2O4/c18-12-3-1-2-11(8-12)10-23-13-4-5-15(21)14(9-13)17(22)19-16-6-7-24-20-16/h1-9,21H,10H2,(H,19,20,22). The molecule has 0 aliphatic carbocycles.